The highest BCUT2D eigenvalue weighted by molar-refractivity contribution is 5.24. The number of hydrogen-bond donors (Lipinski definition) is 2. The quantitative estimate of drug-likeness (QED) is 0.788. The zero-order chi connectivity index (χ0) is 13.6. The van der Waals surface area contributed by atoms with Crippen LogP contribution >= 0.6 is 0 Å². The summed E-state index contributed by atoms with van der Waals surface area (Å²) < 4.78 is 31.4. The van der Waals surface area contributed by atoms with Crippen LogP contribution in [0.1, 0.15) is 20.3 Å². The predicted molar refractivity (Wildman–Crippen MR) is 65.6 cm³/mol. The molecule has 0 spiro atoms. The summed E-state index contributed by atoms with van der Waals surface area (Å²) in [6.45, 7) is 4.65. The Morgan fingerprint density at radius 1 is 1.39 bits per heavy atom. The lowest BCUT2D eigenvalue weighted by Crippen LogP contribution is -2.46. The van der Waals surface area contributed by atoms with E-state index in [0.29, 0.717) is 13.0 Å². The van der Waals surface area contributed by atoms with Crippen molar-refractivity contribution in [3.05, 3.63) is 29.8 Å². The van der Waals surface area contributed by atoms with Gasteiger partial charge in [-0.15, -0.1) is 0 Å². The van der Waals surface area contributed by atoms with Crippen LogP contribution in [0.3, 0.4) is 0 Å². The molecule has 0 bridgehead atoms. The first-order chi connectivity index (χ1) is 8.52. The van der Waals surface area contributed by atoms with E-state index in [-0.39, 0.29) is 19.0 Å². The van der Waals surface area contributed by atoms with Gasteiger partial charge in [-0.2, -0.15) is 4.39 Å². The van der Waals surface area contributed by atoms with E-state index in [1.807, 2.05) is 13.8 Å². The van der Waals surface area contributed by atoms with E-state index >= 15 is 0 Å². The van der Waals surface area contributed by atoms with Crippen molar-refractivity contribution in [2.24, 2.45) is 0 Å². The van der Waals surface area contributed by atoms with Crippen LogP contribution in [0.2, 0.25) is 0 Å². The van der Waals surface area contributed by atoms with Gasteiger partial charge in [0.15, 0.2) is 11.6 Å². The van der Waals surface area contributed by atoms with Crippen molar-refractivity contribution in [1.29, 1.82) is 0 Å². The third kappa shape index (κ3) is 3.92. The van der Waals surface area contributed by atoms with Crippen LogP contribution in [0.25, 0.3) is 0 Å². The molecule has 0 aliphatic carbocycles. The van der Waals surface area contributed by atoms with E-state index in [2.05, 4.69) is 5.32 Å². The third-order valence-corrected chi connectivity index (χ3v) is 2.78. The van der Waals surface area contributed by atoms with E-state index in [1.54, 1.807) is 0 Å². The van der Waals surface area contributed by atoms with Gasteiger partial charge in [0.05, 0.1) is 13.2 Å². The second-order valence-corrected chi connectivity index (χ2v) is 4.40. The fourth-order valence-electron chi connectivity index (χ4n) is 1.63. The number of aliphatic hydroxyl groups is 1. The first-order valence-electron chi connectivity index (χ1n) is 5.95. The zero-order valence-electron chi connectivity index (χ0n) is 10.7. The van der Waals surface area contributed by atoms with Gasteiger partial charge in [-0.1, -0.05) is 13.0 Å². The number of nitrogens with one attached hydrogen (secondary N) is 1. The number of aliphatic hydroxyl groups excluding tert-OH is 1. The smallest absolute Gasteiger partial charge is 0.200 e. The second-order valence-electron chi connectivity index (χ2n) is 4.40. The zero-order valence-corrected chi connectivity index (χ0v) is 10.7. The Morgan fingerprint density at radius 2 is 2.11 bits per heavy atom. The minimum Gasteiger partial charge on any atom is -0.490 e. The highest BCUT2D eigenvalue weighted by atomic mass is 19.2. The van der Waals surface area contributed by atoms with Gasteiger partial charge in [-0.25, -0.2) is 4.39 Å². The van der Waals surface area contributed by atoms with Crippen molar-refractivity contribution in [1.82, 2.24) is 5.32 Å². The van der Waals surface area contributed by atoms with Crippen LogP contribution in [-0.4, -0.2) is 30.4 Å². The molecule has 1 unspecified atom stereocenters. The average molecular weight is 259 g/mol. The molecule has 102 valence electrons. The van der Waals surface area contributed by atoms with Crippen LogP contribution in [-0.2, 0) is 0 Å². The van der Waals surface area contributed by atoms with Crippen LogP contribution in [0.15, 0.2) is 18.2 Å². The van der Waals surface area contributed by atoms with Crippen LogP contribution in [0.5, 0.6) is 5.75 Å². The van der Waals surface area contributed by atoms with Crippen molar-refractivity contribution in [3.8, 4) is 5.75 Å². The molecule has 0 fully saturated rings. The van der Waals surface area contributed by atoms with E-state index < -0.39 is 17.2 Å². The monoisotopic (exact) mass is 259 g/mol. The van der Waals surface area contributed by atoms with Crippen LogP contribution in [0, 0.1) is 11.6 Å². The van der Waals surface area contributed by atoms with Crippen LogP contribution in [0.4, 0.5) is 8.78 Å². The Balaban J connectivity index is 2.53. The molecule has 5 heteroatoms. The standard InChI is InChI=1S/C13H19F2NO2/c1-3-16-13(2,9-17)7-8-18-11-6-4-5-10(14)12(11)15/h4-6,16-17H,3,7-9H2,1-2H3. The summed E-state index contributed by atoms with van der Waals surface area (Å²) in [7, 11) is 0. The normalized spacial score (nSPS) is 14.3. The van der Waals surface area contributed by atoms with E-state index in [1.165, 1.54) is 12.1 Å². The molecule has 1 aromatic rings. The van der Waals surface area contributed by atoms with Gasteiger partial charge in [0.1, 0.15) is 0 Å². The number of halogens is 2. The van der Waals surface area contributed by atoms with E-state index in [4.69, 9.17) is 4.74 Å². The van der Waals surface area contributed by atoms with Gasteiger partial charge in [-0.3, -0.25) is 0 Å². The molecule has 0 radical (unpaired) electrons. The molecular weight excluding hydrogens is 240 g/mol. The molecule has 0 aliphatic heterocycles. The van der Waals surface area contributed by atoms with Crippen molar-refractivity contribution < 1.29 is 18.6 Å². The third-order valence-electron chi connectivity index (χ3n) is 2.78. The number of benzene rings is 1. The Hall–Kier alpha value is -1.20. The van der Waals surface area contributed by atoms with Gasteiger partial charge in [0.2, 0.25) is 5.82 Å². The molecule has 0 aromatic heterocycles. The first-order valence-corrected chi connectivity index (χ1v) is 5.95. The number of rotatable bonds is 7. The molecule has 1 atom stereocenters. The molecule has 0 saturated carbocycles. The molecule has 2 N–H and O–H groups in total. The Kier molecular flexibility index (Phi) is 5.50. The van der Waals surface area contributed by atoms with Crippen molar-refractivity contribution in [2.45, 2.75) is 25.8 Å². The van der Waals surface area contributed by atoms with Crippen molar-refractivity contribution in [2.75, 3.05) is 19.8 Å². The molecule has 1 rings (SSSR count). The minimum atomic E-state index is -0.980. The molecule has 0 heterocycles. The summed E-state index contributed by atoms with van der Waals surface area (Å²) in [6.07, 6.45) is 0.493. The van der Waals surface area contributed by atoms with Gasteiger partial charge in [0, 0.05) is 12.0 Å². The highest BCUT2D eigenvalue weighted by Crippen LogP contribution is 2.20. The fraction of sp³-hybridized carbons (Fsp3) is 0.538. The van der Waals surface area contributed by atoms with Crippen molar-refractivity contribution >= 4 is 0 Å². The number of likely N-dealkylation sites (N-methyl/N-ethyl adjacent to an activating group) is 1. The Labute approximate surface area is 106 Å². The number of ether oxygens (including phenoxy) is 1. The topological polar surface area (TPSA) is 41.5 Å². The lowest BCUT2D eigenvalue weighted by atomic mass is 10.00. The highest BCUT2D eigenvalue weighted by Gasteiger charge is 2.22. The lowest BCUT2D eigenvalue weighted by Gasteiger charge is -2.28. The fourth-order valence-corrected chi connectivity index (χ4v) is 1.63. The second kappa shape index (κ2) is 6.66. The SMILES string of the molecule is CCNC(C)(CO)CCOc1cccc(F)c1F. The maximum atomic E-state index is 13.3. The van der Waals surface area contributed by atoms with Crippen LogP contribution < -0.4 is 10.1 Å². The average Bonchev–Trinajstić information content (AvgIpc) is 2.35. The summed E-state index contributed by atoms with van der Waals surface area (Å²) in [5.41, 5.74) is -0.474. The Morgan fingerprint density at radius 3 is 2.72 bits per heavy atom. The minimum absolute atomic E-state index is 0.0458. The molecule has 1 aromatic carbocycles. The van der Waals surface area contributed by atoms with E-state index in [9.17, 15) is 13.9 Å². The van der Waals surface area contributed by atoms with Gasteiger partial charge < -0.3 is 15.2 Å². The number of hydrogen-bond acceptors (Lipinski definition) is 3. The van der Waals surface area contributed by atoms with Crippen molar-refractivity contribution in [3.63, 3.8) is 0 Å². The molecule has 0 saturated heterocycles. The molecule has 0 amide bonds. The predicted octanol–water partition coefficient (Wildman–Crippen LogP) is 2.09. The summed E-state index contributed by atoms with van der Waals surface area (Å²) in [6, 6.07) is 3.81. The van der Waals surface area contributed by atoms with E-state index in [0.717, 1.165) is 6.07 Å². The molecule has 3 nitrogen and oxygen atoms in total. The summed E-state index contributed by atoms with van der Waals surface area (Å²) in [5.74, 6) is -2.01. The largest absolute Gasteiger partial charge is 0.490 e. The lowest BCUT2D eigenvalue weighted by molar-refractivity contribution is 0.144. The summed E-state index contributed by atoms with van der Waals surface area (Å²) in [5, 5.41) is 12.4. The molecule has 0 aliphatic rings. The Bertz CT molecular complexity index is 387. The van der Waals surface area contributed by atoms with Gasteiger partial charge >= 0.3 is 0 Å². The first kappa shape index (κ1) is 14.9. The summed E-state index contributed by atoms with van der Waals surface area (Å²) >= 11 is 0. The maximum Gasteiger partial charge on any atom is 0.200 e. The molecular formula is C13H19F2NO2. The maximum absolute atomic E-state index is 13.3. The van der Waals surface area contributed by atoms with Gasteiger partial charge in [-0.05, 0) is 25.6 Å². The van der Waals surface area contributed by atoms with Gasteiger partial charge in [0.25, 0.3) is 0 Å². The molecule has 18 heavy (non-hydrogen) atoms. The summed E-state index contributed by atoms with van der Waals surface area (Å²) in [4.78, 5) is 0.